The van der Waals surface area contributed by atoms with Gasteiger partial charge in [-0.05, 0) is 31.5 Å². The molecule has 1 aliphatic rings. The van der Waals surface area contributed by atoms with Gasteiger partial charge < -0.3 is 14.2 Å². The number of H-pyrrole nitrogens is 1. The van der Waals surface area contributed by atoms with Gasteiger partial charge in [-0.2, -0.15) is 5.10 Å². The molecule has 2 aromatic heterocycles. The Hall–Kier alpha value is -2.18. The molecule has 25 heavy (non-hydrogen) atoms. The van der Waals surface area contributed by atoms with Crippen molar-refractivity contribution in [1.82, 2.24) is 24.6 Å². The van der Waals surface area contributed by atoms with Crippen molar-refractivity contribution < 1.29 is 4.74 Å². The number of nitrogens with one attached hydrogen (secondary N) is 1. The van der Waals surface area contributed by atoms with E-state index in [4.69, 9.17) is 9.72 Å². The number of fused-ring (bicyclic) bond motifs is 1. The summed E-state index contributed by atoms with van der Waals surface area (Å²) in [7, 11) is 3.82. The van der Waals surface area contributed by atoms with Gasteiger partial charge in [-0.15, -0.1) is 0 Å². The number of nitrogens with zero attached hydrogens (tertiary/aromatic N) is 4. The largest absolute Gasteiger partial charge is 0.383 e. The first-order chi connectivity index (χ1) is 12.3. The van der Waals surface area contributed by atoms with Crippen LogP contribution in [0.4, 0.5) is 0 Å². The Bertz CT molecular complexity index is 852. The fourth-order valence-corrected chi connectivity index (χ4v) is 3.78. The Morgan fingerprint density at radius 1 is 1.32 bits per heavy atom. The molecule has 0 saturated carbocycles. The number of aromatic amines is 1. The Morgan fingerprint density at radius 3 is 3.12 bits per heavy atom. The minimum absolute atomic E-state index is 0.418. The van der Waals surface area contributed by atoms with Crippen molar-refractivity contribution in [2.45, 2.75) is 18.8 Å². The van der Waals surface area contributed by atoms with Gasteiger partial charge >= 0.3 is 0 Å². The molecule has 1 atom stereocenters. The number of rotatable bonds is 5. The van der Waals surface area contributed by atoms with Crippen LogP contribution >= 0.6 is 0 Å². The number of aryl methyl sites for hydroxylation is 1. The van der Waals surface area contributed by atoms with Gasteiger partial charge in [0.2, 0.25) is 0 Å². The molecule has 4 rings (SSSR count). The van der Waals surface area contributed by atoms with Gasteiger partial charge in [0.25, 0.3) is 0 Å². The van der Waals surface area contributed by atoms with Crippen molar-refractivity contribution in [2.75, 3.05) is 33.4 Å². The van der Waals surface area contributed by atoms with E-state index in [9.17, 15) is 0 Å². The molecular formula is C19H25N5O. The lowest BCUT2D eigenvalue weighted by molar-refractivity contribution is 0.127. The van der Waals surface area contributed by atoms with Crippen LogP contribution in [-0.4, -0.2) is 58.0 Å². The number of hydrogen-bond donors (Lipinski definition) is 1. The lowest BCUT2D eigenvalue weighted by Gasteiger charge is -2.31. The number of likely N-dealkylation sites (tertiary alicyclic amines) is 1. The van der Waals surface area contributed by atoms with Crippen LogP contribution in [-0.2, 0) is 11.8 Å². The third-order valence-corrected chi connectivity index (χ3v) is 5.18. The van der Waals surface area contributed by atoms with Crippen LogP contribution in [0.5, 0.6) is 0 Å². The van der Waals surface area contributed by atoms with E-state index in [2.05, 4.69) is 57.2 Å². The van der Waals surface area contributed by atoms with E-state index < -0.39 is 0 Å². The molecule has 1 N–H and O–H groups in total. The zero-order valence-corrected chi connectivity index (χ0v) is 14.9. The van der Waals surface area contributed by atoms with Crippen LogP contribution in [0.25, 0.3) is 22.3 Å². The van der Waals surface area contributed by atoms with Crippen molar-refractivity contribution in [3.63, 3.8) is 0 Å². The lowest BCUT2D eigenvalue weighted by atomic mass is 9.97. The minimum Gasteiger partial charge on any atom is -0.383 e. The fourth-order valence-electron chi connectivity index (χ4n) is 3.78. The predicted octanol–water partition coefficient (Wildman–Crippen LogP) is 2.79. The lowest BCUT2D eigenvalue weighted by Crippen LogP contribution is -2.36. The highest BCUT2D eigenvalue weighted by atomic mass is 16.5. The molecule has 1 unspecified atom stereocenters. The quantitative estimate of drug-likeness (QED) is 0.776. The monoisotopic (exact) mass is 339 g/mol. The van der Waals surface area contributed by atoms with Gasteiger partial charge in [-0.3, -0.25) is 5.10 Å². The maximum Gasteiger partial charge on any atom is 0.181 e. The highest BCUT2D eigenvalue weighted by molar-refractivity contribution is 5.93. The summed E-state index contributed by atoms with van der Waals surface area (Å²) in [6.07, 6.45) is 4.43. The summed E-state index contributed by atoms with van der Waals surface area (Å²) >= 11 is 0. The normalized spacial score (nSPS) is 18.9. The van der Waals surface area contributed by atoms with Gasteiger partial charge in [0.05, 0.1) is 6.61 Å². The molecule has 3 heterocycles. The first-order valence-electron chi connectivity index (χ1n) is 8.94. The third kappa shape index (κ3) is 3.19. The van der Waals surface area contributed by atoms with E-state index >= 15 is 0 Å². The van der Waals surface area contributed by atoms with E-state index in [1.54, 1.807) is 7.11 Å². The molecule has 0 amide bonds. The van der Waals surface area contributed by atoms with Crippen molar-refractivity contribution in [3.05, 3.63) is 36.3 Å². The molecule has 6 heteroatoms. The molecule has 1 saturated heterocycles. The standard InChI is InChI=1S/C19H25N5O/c1-23-10-8-15-16(6-3-7-17(15)23)19-20-18(21-22-19)14-5-4-9-24(13-14)11-12-25-2/h3,6-8,10,14H,4-5,9,11-13H2,1-2H3,(H,20,21,22). The maximum absolute atomic E-state index is 5.21. The summed E-state index contributed by atoms with van der Waals surface area (Å²) in [6.45, 7) is 3.93. The zero-order chi connectivity index (χ0) is 17.2. The van der Waals surface area contributed by atoms with Gasteiger partial charge in [0.1, 0.15) is 5.82 Å². The number of methoxy groups -OCH3 is 1. The summed E-state index contributed by atoms with van der Waals surface area (Å²) in [5, 5.41) is 8.91. The second-order valence-corrected chi connectivity index (χ2v) is 6.84. The Balaban J connectivity index is 1.57. The van der Waals surface area contributed by atoms with Crippen molar-refractivity contribution >= 4 is 10.9 Å². The molecule has 0 spiro atoms. The number of benzene rings is 1. The van der Waals surface area contributed by atoms with Crippen LogP contribution in [0.3, 0.4) is 0 Å². The van der Waals surface area contributed by atoms with Crippen molar-refractivity contribution in [2.24, 2.45) is 7.05 Å². The van der Waals surface area contributed by atoms with E-state index in [1.165, 1.54) is 17.3 Å². The molecule has 1 fully saturated rings. The summed E-state index contributed by atoms with van der Waals surface area (Å²) in [5.74, 6) is 2.22. The summed E-state index contributed by atoms with van der Waals surface area (Å²) in [6, 6.07) is 8.43. The highest BCUT2D eigenvalue weighted by Gasteiger charge is 2.24. The first kappa shape index (κ1) is 16.3. The van der Waals surface area contributed by atoms with E-state index in [-0.39, 0.29) is 0 Å². The topological polar surface area (TPSA) is 59.0 Å². The molecular weight excluding hydrogens is 314 g/mol. The molecule has 0 bridgehead atoms. The van der Waals surface area contributed by atoms with Crippen LogP contribution in [0, 0.1) is 0 Å². The highest BCUT2D eigenvalue weighted by Crippen LogP contribution is 2.29. The Morgan fingerprint density at radius 2 is 2.24 bits per heavy atom. The first-order valence-corrected chi connectivity index (χ1v) is 8.94. The average molecular weight is 339 g/mol. The van der Waals surface area contributed by atoms with E-state index in [1.807, 2.05) is 0 Å². The molecule has 0 aliphatic carbocycles. The SMILES string of the molecule is COCCN1CCCC(c2nc(-c3cccc4c3ccn4C)n[nH]2)C1. The van der Waals surface area contributed by atoms with Crippen LogP contribution in [0.2, 0.25) is 0 Å². The van der Waals surface area contributed by atoms with Crippen LogP contribution in [0.1, 0.15) is 24.6 Å². The summed E-state index contributed by atoms with van der Waals surface area (Å²) < 4.78 is 7.34. The van der Waals surface area contributed by atoms with Crippen molar-refractivity contribution in [3.8, 4) is 11.4 Å². The van der Waals surface area contributed by atoms with Gasteiger partial charge in [0.15, 0.2) is 5.82 Å². The molecule has 0 radical (unpaired) electrons. The van der Waals surface area contributed by atoms with Crippen molar-refractivity contribution in [1.29, 1.82) is 0 Å². The molecule has 6 nitrogen and oxygen atoms in total. The smallest absolute Gasteiger partial charge is 0.181 e. The molecule has 1 aromatic carbocycles. The second-order valence-electron chi connectivity index (χ2n) is 6.84. The fraction of sp³-hybridized carbons (Fsp3) is 0.474. The van der Waals surface area contributed by atoms with Gasteiger partial charge in [0, 0.05) is 55.8 Å². The molecule has 1 aliphatic heterocycles. The number of aromatic nitrogens is 4. The van der Waals surface area contributed by atoms with Crippen LogP contribution in [0.15, 0.2) is 30.5 Å². The Kier molecular flexibility index (Phi) is 4.55. The summed E-state index contributed by atoms with van der Waals surface area (Å²) in [4.78, 5) is 7.30. The number of piperidine rings is 1. The van der Waals surface area contributed by atoms with E-state index in [0.29, 0.717) is 5.92 Å². The van der Waals surface area contributed by atoms with Gasteiger partial charge in [-0.25, -0.2) is 4.98 Å². The number of hydrogen-bond acceptors (Lipinski definition) is 4. The molecule has 3 aromatic rings. The molecule has 132 valence electrons. The second kappa shape index (κ2) is 6.98. The maximum atomic E-state index is 5.21. The Labute approximate surface area is 147 Å². The van der Waals surface area contributed by atoms with E-state index in [0.717, 1.165) is 49.9 Å². The van der Waals surface area contributed by atoms with Crippen LogP contribution < -0.4 is 0 Å². The predicted molar refractivity (Wildman–Crippen MR) is 98.6 cm³/mol. The zero-order valence-electron chi connectivity index (χ0n) is 14.9. The van der Waals surface area contributed by atoms with Gasteiger partial charge in [-0.1, -0.05) is 12.1 Å². The minimum atomic E-state index is 0.418. The number of ether oxygens (including phenoxy) is 1. The summed E-state index contributed by atoms with van der Waals surface area (Å²) in [5.41, 5.74) is 2.29. The third-order valence-electron chi connectivity index (χ3n) is 5.18. The average Bonchev–Trinajstić information content (AvgIpc) is 3.28.